The Morgan fingerprint density at radius 3 is 2.62 bits per heavy atom. The number of benzene rings is 3. The highest BCUT2D eigenvalue weighted by Crippen LogP contribution is 2.27. The molecular formula is C24H16BrFN2O4. The van der Waals surface area contributed by atoms with Gasteiger partial charge in [0.25, 0.3) is 5.91 Å². The summed E-state index contributed by atoms with van der Waals surface area (Å²) in [7, 11) is 0. The number of hydrogen-bond acceptors (Lipinski definition) is 4. The van der Waals surface area contributed by atoms with E-state index in [0.717, 1.165) is 0 Å². The number of amides is 1. The number of halogens is 2. The molecule has 0 spiro atoms. The molecule has 6 nitrogen and oxygen atoms in total. The number of hydrogen-bond donors (Lipinski definition) is 2. The Balaban J connectivity index is 1.84. The number of nitriles is 1. The van der Waals surface area contributed by atoms with E-state index >= 15 is 0 Å². The third-order valence-electron chi connectivity index (χ3n) is 4.35. The number of nitrogens with zero attached hydrogens (tertiary/aromatic N) is 1. The van der Waals surface area contributed by atoms with Crippen LogP contribution in [0.1, 0.15) is 21.5 Å². The van der Waals surface area contributed by atoms with Gasteiger partial charge in [-0.25, -0.2) is 9.18 Å². The fourth-order valence-electron chi connectivity index (χ4n) is 2.77. The maximum Gasteiger partial charge on any atom is 0.335 e. The third kappa shape index (κ3) is 5.80. The minimum Gasteiger partial charge on any atom is -0.488 e. The van der Waals surface area contributed by atoms with Gasteiger partial charge in [0.05, 0.1) is 5.56 Å². The van der Waals surface area contributed by atoms with Gasteiger partial charge in [-0.05, 0) is 48.5 Å². The van der Waals surface area contributed by atoms with Gasteiger partial charge < -0.3 is 15.2 Å². The summed E-state index contributed by atoms with van der Waals surface area (Å²) in [6, 6.07) is 18.7. The van der Waals surface area contributed by atoms with E-state index < -0.39 is 17.7 Å². The van der Waals surface area contributed by atoms with Crippen molar-refractivity contribution >= 4 is 39.6 Å². The predicted molar refractivity (Wildman–Crippen MR) is 120 cm³/mol. The molecule has 0 aliphatic carbocycles. The number of carboxylic acids is 1. The van der Waals surface area contributed by atoms with Crippen LogP contribution in [-0.4, -0.2) is 17.0 Å². The van der Waals surface area contributed by atoms with E-state index in [1.807, 2.05) is 6.07 Å². The topological polar surface area (TPSA) is 99.4 Å². The standard InChI is InChI=1S/C24H16BrFN2O4/c25-19-8-9-22(32-14-16-4-1-2-7-21(16)26)17(11-19)10-18(13-27)23(29)28-20-6-3-5-15(12-20)24(30)31/h1-12H,14H2,(H,28,29)(H,30,31)/b18-10-. The number of anilines is 1. The predicted octanol–water partition coefficient (Wildman–Crippen LogP) is 5.41. The number of carboxylic acid groups (broad SMARTS) is 1. The van der Waals surface area contributed by atoms with Crippen molar-refractivity contribution in [1.29, 1.82) is 5.26 Å². The molecule has 0 saturated carbocycles. The second kappa shape index (κ2) is 10.4. The molecule has 1 amide bonds. The SMILES string of the molecule is N#C/C(=C/c1cc(Br)ccc1OCc1ccccc1F)C(=O)Nc1cccc(C(=O)O)c1. The Labute approximate surface area is 191 Å². The maximum atomic E-state index is 13.9. The lowest BCUT2D eigenvalue weighted by Gasteiger charge is -2.11. The molecule has 3 aromatic carbocycles. The molecule has 2 N–H and O–H groups in total. The van der Waals surface area contributed by atoms with Crippen molar-refractivity contribution in [3.05, 3.63) is 99.3 Å². The molecule has 0 unspecified atom stereocenters. The van der Waals surface area contributed by atoms with E-state index in [1.54, 1.807) is 36.4 Å². The number of carbonyl (C=O) groups is 2. The van der Waals surface area contributed by atoms with Crippen LogP contribution in [0, 0.1) is 17.1 Å². The summed E-state index contributed by atoms with van der Waals surface area (Å²) < 4.78 is 20.3. The highest BCUT2D eigenvalue weighted by atomic mass is 79.9. The lowest BCUT2D eigenvalue weighted by Crippen LogP contribution is -2.14. The summed E-state index contributed by atoms with van der Waals surface area (Å²) in [5, 5.41) is 21.1. The molecule has 0 bridgehead atoms. The molecule has 0 fully saturated rings. The van der Waals surface area contributed by atoms with Crippen molar-refractivity contribution in [3.8, 4) is 11.8 Å². The molecule has 0 heterocycles. The van der Waals surface area contributed by atoms with Gasteiger partial charge >= 0.3 is 5.97 Å². The first kappa shape index (κ1) is 22.7. The molecule has 0 saturated heterocycles. The summed E-state index contributed by atoms with van der Waals surface area (Å²) in [4.78, 5) is 23.7. The van der Waals surface area contributed by atoms with Crippen LogP contribution in [0.3, 0.4) is 0 Å². The molecule has 0 aliphatic heterocycles. The Bertz CT molecular complexity index is 1250. The molecule has 8 heteroatoms. The highest BCUT2D eigenvalue weighted by molar-refractivity contribution is 9.10. The quantitative estimate of drug-likeness (QED) is 0.337. The summed E-state index contributed by atoms with van der Waals surface area (Å²) in [5.74, 6) is -1.90. The number of rotatable bonds is 7. The maximum absolute atomic E-state index is 13.9. The Kier molecular flexibility index (Phi) is 7.37. The van der Waals surface area contributed by atoms with E-state index in [-0.39, 0.29) is 23.4 Å². The Morgan fingerprint density at radius 1 is 1.12 bits per heavy atom. The van der Waals surface area contributed by atoms with Crippen molar-refractivity contribution in [2.24, 2.45) is 0 Å². The van der Waals surface area contributed by atoms with Crippen LogP contribution in [0.25, 0.3) is 6.08 Å². The summed E-state index contributed by atoms with van der Waals surface area (Å²) in [5.41, 5.74) is 0.811. The van der Waals surface area contributed by atoms with E-state index in [0.29, 0.717) is 21.3 Å². The van der Waals surface area contributed by atoms with Crippen LogP contribution >= 0.6 is 15.9 Å². The van der Waals surface area contributed by atoms with Crippen molar-refractivity contribution in [2.75, 3.05) is 5.32 Å². The second-order valence-corrected chi connectivity index (χ2v) is 7.49. The summed E-state index contributed by atoms with van der Waals surface area (Å²) >= 11 is 3.34. The third-order valence-corrected chi connectivity index (χ3v) is 4.84. The number of aromatic carboxylic acids is 1. The molecule has 32 heavy (non-hydrogen) atoms. The zero-order valence-corrected chi connectivity index (χ0v) is 18.1. The van der Waals surface area contributed by atoms with Gasteiger partial charge in [0.1, 0.15) is 29.8 Å². The molecule has 0 radical (unpaired) electrons. The fourth-order valence-corrected chi connectivity index (χ4v) is 3.15. The number of nitrogens with one attached hydrogen (secondary N) is 1. The lowest BCUT2D eigenvalue weighted by molar-refractivity contribution is -0.112. The Morgan fingerprint density at radius 2 is 1.91 bits per heavy atom. The first-order valence-electron chi connectivity index (χ1n) is 9.29. The normalized spacial score (nSPS) is 10.8. The first-order valence-corrected chi connectivity index (χ1v) is 10.1. The van der Waals surface area contributed by atoms with Gasteiger partial charge in [-0.2, -0.15) is 5.26 Å². The van der Waals surface area contributed by atoms with E-state index in [1.165, 1.54) is 36.4 Å². The minimum atomic E-state index is -1.14. The van der Waals surface area contributed by atoms with Gasteiger partial charge in [-0.1, -0.05) is 40.2 Å². The van der Waals surface area contributed by atoms with Gasteiger partial charge in [-0.3, -0.25) is 4.79 Å². The highest BCUT2D eigenvalue weighted by Gasteiger charge is 2.13. The smallest absolute Gasteiger partial charge is 0.335 e. The van der Waals surface area contributed by atoms with Gasteiger partial charge in [0, 0.05) is 21.3 Å². The average Bonchev–Trinajstić information content (AvgIpc) is 2.78. The van der Waals surface area contributed by atoms with Crippen LogP contribution in [0.5, 0.6) is 5.75 Å². The Hall–Kier alpha value is -3.96. The van der Waals surface area contributed by atoms with Gasteiger partial charge in [0.2, 0.25) is 0 Å². The zero-order valence-electron chi connectivity index (χ0n) is 16.5. The largest absolute Gasteiger partial charge is 0.488 e. The zero-order chi connectivity index (χ0) is 23.1. The summed E-state index contributed by atoms with van der Waals surface area (Å²) in [6.07, 6.45) is 1.35. The van der Waals surface area contributed by atoms with Crippen molar-refractivity contribution in [1.82, 2.24) is 0 Å². The van der Waals surface area contributed by atoms with Gasteiger partial charge in [0.15, 0.2) is 0 Å². The van der Waals surface area contributed by atoms with Crippen molar-refractivity contribution in [2.45, 2.75) is 6.61 Å². The van der Waals surface area contributed by atoms with E-state index in [2.05, 4.69) is 21.2 Å². The van der Waals surface area contributed by atoms with E-state index in [4.69, 9.17) is 9.84 Å². The summed E-state index contributed by atoms with van der Waals surface area (Å²) in [6.45, 7) is -0.0365. The van der Waals surface area contributed by atoms with Crippen LogP contribution in [0.4, 0.5) is 10.1 Å². The minimum absolute atomic E-state index is 0.00103. The lowest BCUT2D eigenvalue weighted by atomic mass is 10.1. The fraction of sp³-hybridized carbons (Fsp3) is 0.0417. The van der Waals surface area contributed by atoms with Crippen LogP contribution in [0.15, 0.2) is 76.8 Å². The first-order chi connectivity index (χ1) is 15.4. The average molecular weight is 495 g/mol. The molecule has 0 aliphatic rings. The molecule has 3 aromatic rings. The molecule has 0 atom stereocenters. The molecule has 160 valence electrons. The monoisotopic (exact) mass is 494 g/mol. The molecular weight excluding hydrogens is 479 g/mol. The number of carbonyl (C=O) groups excluding carboxylic acids is 1. The molecule has 3 rings (SSSR count). The second-order valence-electron chi connectivity index (χ2n) is 6.57. The van der Waals surface area contributed by atoms with E-state index in [9.17, 15) is 19.2 Å². The van der Waals surface area contributed by atoms with Gasteiger partial charge in [-0.15, -0.1) is 0 Å². The molecule has 0 aromatic heterocycles. The number of ether oxygens (including phenoxy) is 1. The van der Waals surface area contributed by atoms with Crippen LogP contribution in [-0.2, 0) is 11.4 Å². The van der Waals surface area contributed by atoms with Crippen LogP contribution < -0.4 is 10.1 Å². The van der Waals surface area contributed by atoms with Crippen molar-refractivity contribution < 1.29 is 23.8 Å². The van der Waals surface area contributed by atoms with Crippen LogP contribution in [0.2, 0.25) is 0 Å². The van der Waals surface area contributed by atoms with Crippen molar-refractivity contribution in [3.63, 3.8) is 0 Å².